The molecule has 0 aliphatic heterocycles. The van der Waals surface area contributed by atoms with E-state index >= 15 is 0 Å². The van der Waals surface area contributed by atoms with Crippen molar-refractivity contribution in [2.75, 3.05) is 6.61 Å². The second kappa shape index (κ2) is 8.20. The number of benzene rings is 2. The normalized spacial score (nSPS) is 11.7. The van der Waals surface area contributed by atoms with E-state index in [1.807, 2.05) is 30.3 Å². The maximum atomic E-state index is 11.3. The van der Waals surface area contributed by atoms with Crippen molar-refractivity contribution in [3.63, 3.8) is 0 Å². The molecule has 22 heavy (non-hydrogen) atoms. The predicted molar refractivity (Wildman–Crippen MR) is 83.4 cm³/mol. The van der Waals surface area contributed by atoms with Gasteiger partial charge < -0.3 is 14.6 Å². The van der Waals surface area contributed by atoms with Crippen LogP contribution < -0.4 is 4.74 Å². The standard InChI is InChI=1S/C18H20O4/c1-2-21-18(20)12-17(19)15-8-10-16(11-9-15)22-13-14-6-4-3-5-7-14/h3-11,17,19H,2,12-13H2,1H3. The highest BCUT2D eigenvalue weighted by Crippen LogP contribution is 2.21. The van der Waals surface area contributed by atoms with E-state index in [0.29, 0.717) is 18.8 Å². The van der Waals surface area contributed by atoms with Gasteiger partial charge in [0.25, 0.3) is 0 Å². The van der Waals surface area contributed by atoms with E-state index in [9.17, 15) is 9.90 Å². The molecule has 1 unspecified atom stereocenters. The number of esters is 1. The van der Waals surface area contributed by atoms with Crippen LogP contribution in [-0.2, 0) is 16.1 Å². The fourth-order valence-corrected chi connectivity index (χ4v) is 2.02. The van der Waals surface area contributed by atoms with E-state index < -0.39 is 12.1 Å². The Morgan fingerprint density at radius 1 is 1.09 bits per heavy atom. The minimum Gasteiger partial charge on any atom is -0.489 e. The van der Waals surface area contributed by atoms with Crippen molar-refractivity contribution in [1.82, 2.24) is 0 Å². The Bertz CT molecular complexity index is 578. The molecule has 0 amide bonds. The molecule has 2 aromatic carbocycles. The van der Waals surface area contributed by atoms with E-state index in [2.05, 4.69) is 0 Å². The number of ether oxygens (including phenoxy) is 2. The van der Waals surface area contributed by atoms with Crippen LogP contribution >= 0.6 is 0 Å². The molecule has 1 N–H and O–H groups in total. The number of carbonyl (C=O) groups excluding carboxylic acids is 1. The summed E-state index contributed by atoms with van der Waals surface area (Å²) in [6, 6.07) is 17.0. The van der Waals surface area contributed by atoms with Crippen LogP contribution in [-0.4, -0.2) is 17.7 Å². The van der Waals surface area contributed by atoms with Gasteiger partial charge in [-0.05, 0) is 30.2 Å². The third-order valence-electron chi connectivity index (χ3n) is 3.18. The first-order valence-electron chi connectivity index (χ1n) is 7.29. The van der Waals surface area contributed by atoms with Gasteiger partial charge in [-0.15, -0.1) is 0 Å². The summed E-state index contributed by atoms with van der Waals surface area (Å²) in [5.41, 5.74) is 1.76. The summed E-state index contributed by atoms with van der Waals surface area (Å²) >= 11 is 0. The number of hydrogen-bond donors (Lipinski definition) is 1. The first kappa shape index (κ1) is 16.0. The molecule has 0 radical (unpaired) electrons. The second-order valence-electron chi connectivity index (χ2n) is 4.87. The highest BCUT2D eigenvalue weighted by Gasteiger charge is 2.13. The first-order chi connectivity index (χ1) is 10.7. The zero-order valence-corrected chi connectivity index (χ0v) is 12.6. The average Bonchev–Trinajstić information content (AvgIpc) is 2.54. The summed E-state index contributed by atoms with van der Waals surface area (Å²) < 4.78 is 10.5. The van der Waals surface area contributed by atoms with E-state index in [4.69, 9.17) is 9.47 Å². The summed E-state index contributed by atoms with van der Waals surface area (Å²) in [5.74, 6) is 0.315. The monoisotopic (exact) mass is 300 g/mol. The Labute approximate surface area is 130 Å². The fraction of sp³-hybridized carbons (Fsp3) is 0.278. The van der Waals surface area contributed by atoms with Crippen LogP contribution in [0.1, 0.15) is 30.6 Å². The van der Waals surface area contributed by atoms with Crippen molar-refractivity contribution >= 4 is 5.97 Å². The Kier molecular flexibility index (Phi) is 5.98. The maximum Gasteiger partial charge on any atom is 0.308 e. The topological polar surface area (TPSA) is 55.8 Å². The highest BCUT2D eigenvalue weighted by molar-refractivity contribution is 5.70. The zero-order chi connectivity index (χ0) is 15.8. The third kappa shape index (κ3) is 4.90. The quantitative estimate of drug-likeness (QED) is 0.797. The summed E-state index contributed by atoms with van der Waals surface area (Å²) in [6.45, 7) is 2.55. The van der Waals surface area contributed by atoms with Crippen molar-refractivity contribution in [1.29, 1.82) is 0 Å². The minimum atomic E-state index is -0.859. The van der Waals surface area contributed by atoms with Gasteiger partial charge in [-0.25, -0.2) is 0 Å². The molecule has 0 aromatic heterocycles. The maximum absolute atomic E-state index is 11.3. The lowest BCUT2D eigenvalue weighted by atomic mass is 10.1. The number of rotatable bonds is 7. The zero-order valence-electron chi connectivity index (χ0n) is 12.6. The van der Waals surface area contributed by atoms with Crippen molar-refractivity contribution in [2.24, 2.45) is 0 Å². The molecule has 0 saturated carbocycles. The van der Waals surface area contributed by atoms with Gasteiger partial charge in [-0.2, -0.15) is 0 Å². The summed E-state index contributed by atoms with van der Waals surface area (Å²) in [7, 11) is 0. The van der Waals surface area contributed by atoms with Crippen molar-refractivity contribution in [3.05, 3.63) is 65.7 Å². The lowest BCUT2D eigenvalue weighted by molar-refractivity contribution is -0.145. The molecule has 0 aliphatic carbocycles. The summed E-state index contributed by atoms with van der Waals surface area (Å²) in [4.78, 5) is 11.3. The van der Waals surface area contributed by atoms with Gasteiger partial charge in [0.2, 0.25) is 0 Å². The molecule has 2 rings (SSSR count). The molecule has 0 saturated heterocycles. The van der Waals surface area contributed by atoms with Crippen LogP contribution in [0.4, 0.5) is 0 Å². The lowest BCUT2D eigenvalue weighted by Crippen LogP contribution is -2.10. The van der Waals surface area contributed by atoms with E-state index in [-0.39, 0.29) is 6.42 Å². The largest absolute Gasteiger partial charge is 0.489 e. The number of carbonyl (C=O) groups is 1. The van der Waals surface area contributed by atoms with Gasteiger partial charge in [-0.1, -0.05) is 42.5 Å². The Morgan fingerprint density at radius 3 is 2.41 bits per heavy atom. The van der Waals surface area contributed by atoms with Crippen LogP contribution in [0.2, 0.25) is 0 Å². The second-order valence-corrected chi connectivity index (χ2v) is 4.87. The van der Waals surface area contributed by atoms with Crippen LogP contribution in [0, 0.1) is 0 Å². The Morgan fingerprint density at radius 2 is 1.77 bits per heavy atom. The minimum absolute atomic E-state index is 0.0436. The smallest absolute Gasteiger partial charge is 0.308 e. The van der Waals surface area contributed by atoms with Crippen LogP contribution in [0.15, 0.2) is 54.6 Å². The van der Waals surface area contributed by atoms with Gasteiger partial charge in [-0.3, -0.25) is 4.79 Å². The highest BCUT2D eigenvalue weighted by atomic mass is 16.5. The SMILES string of the molecule is CCOC(=O)CC(O)c1ccc(OCc2ccccc2)cc1. The Balaban J connectivity index is 1.88. The van der Waals surface area contributed by atoms with Gasteiger partial charge in [0.05, 0.1) is 19.1 Å². The molecular formula is C18H20O4. The number of aliphatic hydroxyl groups is 1. The molecule has 0 bridgehead atoms. The first-order valence-corrected chi connectivity index (χ1v) is 7.29. The molecule has 1 atom stereocenters. The summed E-state index contributed by atoms with van der Waals surface area (Å²) in [6.07, 6.45) is -0.903. The molecule has 2 aromatic rings. The lowest BCUT2D eigenvalue weighted by Gasteiger charge is -2.11. The molecule has 4 heteroatoms. The van der Waals surface area contributed by atoms with Crippen LogP contribution in [0.25, 0.3) is 0 Å². The third-order valence-corrected chi connectivity index (χ3v) is 3.18. The predicted octanol–water partition coefficient (Wildman–Crippen LogP) is 3.25. The van der Waals surface area contributed by atoms with Gasteiger partial charge >= 0.3 is 5.97 Å². The van der Waals surface area contributed by atoms with E-state index in [1.54, 1.807) is 31.2 Å². The van der Waals surface area contributed by atoms with Crippen molar-refractivity contribution < 1.29 is 19.4 Å². The molecule has 116 valence electrons. The van der Waals surface area contributed by atoms with Gasteiger partial charge in [0.15, 0.2) is 0 Å². The average molecular weight is 300 g/mol. The molecule has 0 aliphatic rings. The van der Waals surface area contributed by atoms with Crippen LogP contribution in [0.5, 0.6) is 5.75 Å². The fourth-order valence-electron chi connectivity index (χ4n) is 2.02. The van der Waals surface area contributed by atoms with E-state index in [0.717, 1.165) is 11.3 Å². The number of aliphatic hydroxyl groups excluding tert-OH is 1. The molecular weight excluding hydrogens is 280 g/mol. The van der Waals surface area contributed by atoms with Crippen molar-refractivity contribution in [2.45, 2.75) is 26.1 Å². The number of hydrogen-bond acceptors (Lipinski definition) is 4. The van der Waals surface area contributed by atoms with Crippen molar-refractivity contribution in [3.8, 4) is 5.75 Å². The van der Waals surface area contributed by atoms with Crippen LogP contribution in [0.3, 0.4) is 0 Å². The summed E-state index contributed by atoms with van der Waals surface area (Å²) in [5, 5.41) is 9.97. The van der Waals surface area contributed by atoms with Gasteiger partial charge in [0, 0.05) is 0 Å². The van der Waals surface area contributed by atoms with Gasteiger partial charge in [0.1, 0.15) is 12.4 Å². The van der Waals surface area contributed by atoms with E-state index in [1.165, 1.54) is 0 Å². The molecule has 0 heterocycles. The Hall–Kier alpha value is -2.33. The molecule has 0 fully saturated rings. The molecule has 0 spiro atoms. The molecule has 4 nitrogen and oxygen atoms in total.